The Bertz CT molecular complexity index is 454. The van der Waals surface area contributed by atoms with Gasteiger partial charge in [0.25, 0.3) is 0 Å². The van der Waals surface area contributed by atoms with Gasteiger partial charge in [0, 0.05) is 26.1 Å². The molecule has 6 heteroatoms. The maximum absolute atomic E-state index is 12.3. The maximum atomic E-state index is 12.3. The Morgan fingerprint density at radius 1 is 1.24 bits per heavy atom. The van der Waals surface area contributed by atoms with Crippen LogP contribution < -0.4 is 16.0 Å². The number of rotatable bonds is 3. The second-order valence-electron chi connectivity index (χ2n) is 5.52. The highest BCUT2D eigenvalue weighted by molar-refractivity contribution is 5.95. The number of nitrogens with one attached hydrogen (secondary N) is 1. The molecule has 1 aromatic rings. The molecule has 0 radical (unpaired) electrons. The number of para-hydroxylation sites is 2. The van der Waals surface area contributed by atoms with E-state index in [1.54, 1.807) is 0 Å². The molecular formula is C15H25Cl2N3O. The van der Waals surface area contributed by atoms with Crippen molar-refractivity contribution in [1.82, 2.24) is 0 Å². The normalized spacial score (nSPS) is 20.7. The highest BCUT2D eigenvalue weighted by Crippen LogP contribution is 2.27. The first kappa shape index (κ1) is 20.0. The standard InChI is InChI=1S/C15H23N3O.2ClH/c1-18(2)14-9-4-3-8-13(14)17-15(19)11-6-5-7-12(16)10-11;;/h3-4,8-9,11-12H,5-7,10,16H2,1-2H3,(H,17,19);2*1H. The van der Waals surface area contributed by atoms with Crippen LogP contribution in [0, 0.1) is 5.92 Å². The number of nitrogens with two attached hydrogens (primary N) is 1. The summed E-state index contributed by atoms with van der Waals surface area (Å²) in [5, 5.41) is 3.05. The fourth-order valence-electron chi connectivity index (χ4n) is 2.67. The lowest BCUT2D eigenvalue weighted by molar-refractivity contribution is -0.120. The molecule has 0 aliphatic heterocycles. The van der Waals surface area contributed by atoms with Gasteiger partial charge in [0.15, 0.2) is 0 Å². The lowest BCUT2D eigenvalue weighted by Crippen LogP contribution is -2.34. The van der Waals surface area contributed by atoms with E-state index in [0.717, 1.165) is 37.1 Å². The first-order valence-electron chi connectivity index (χ1n) is 6.90. The summed E-state index contributed by atoms with van der Waals surface area (Å²) in [6.45, 7) is 0. The minimum atomic E-state index is 0. The highest BCUT2D eigenvalue weighted by Gasteiger charge is 2.25. The summed E-state index contributed by atoms with van der Waals surface area (Å²) in [6, 6.07) is 8.03. The van der Waals surface area contributed by atoms with E-state index >= 15 is 0 Å². The lowest BCUT2D eigenvalue weighted by atomic mass is 9.85. The summed E-state index contributed by atoms with van der Waals surface area (Å²) in [5.74, 6) is 0.156. The lowest BCUT2D eigenvalue weighted by Gasteiger charge is -2.26. The molecular weight excluding hydrogens is 309 g/mol. The van der Waals surface area contributed by atoms with Gasteiger partial charge >= 0.3 is 0 Å². The van der Waals surface area contributed by atoms with Gasteiger partial charge in [0.2, 0.25) is 5.91 Å². The van der Waals surface area contributed by atoms with Gasteiger partial charge in [-0.2, -0.15) is 0 Å². The Balaban J connectivity index is 0.00000200. The number of carbonyl (C=O) groups is 1. The predicted octanol–water partition coefficient (Wildman–Crippen LogP) is 3.05. The summed E-state index contributed by atoms with van der Waals surface area (Å²) in [5.41, 5.74) is 7.84. The fourth-order valence-corrected chi connectivity index (χ4v) is 2.67. The summed E-state index contributed by atoms with van der Waals surface area (Å²) in [4.78, 5) is 14.3. The molecule has 1 aromatic carbocycles. The number of hydrogen-bond donors (Lipinski definition) is 2. The van der Waals surface area contributed by atoms with Gasteiger partial charge in [-0.1, -0.05) is 18.6 Å². The largest absolute Gasteiger partial charge is 0.376 e. The van der Waals surface area contributed by atoms with Crippen molar-refractivity contribution in [2.24, 2.45) is 11.7 Å². The maximum Gasteiger partial charge on any atom is 0.227 e. The van der Waals surface area contributed by atoms with Crippen molar-refractivity contribution in [1.29, 1.82) is 0 Å². The van der Waals surface area contributed by atoms with Crippen molar-refractivity contribution in [2.75, 3.05) is 24.3 Å². The third-order valence-electron chi connectivity index (χ3n) is 3.73. The molecule has 3 N–H and O–H groups in total. The van der Waals surface area contributed by atoms with E-state index in [-0.39, 0.29) is 42.7 Å². The van der Waals surface area contributed by atoms with Crippen molar-refractivity contribution in [3.63, 3.8) is 0 Å². The third kappa shape index (κ3) is 5.38. The molecule has 0 bridgehead atoms. The Morgan fingerprint density at radius 3 is 2.52 bits per heavy atom. The van der Waals surface area contributed by atoms with Crippen LogP contribution in [0.1, 0.15) is 25.7 Å². The summed E-state index contributed by atoms with van der Waals surface area (Å²) in [7, 11) is 3.95. The van der Waals surface area contributed by atoms with Gasteiger partial charge in [0.1, 0.15) is 0 Å². The van der Waals surface area contributed by atoms with Gasteiger partial charge in [-0.05, 0) is 31.4 Å². The van der Waals surface area contributed by atoms with E-state index in [2.05, 4.69) is 5.32 Å². The molecule has 120 valence electrons. The van der Waals surface area contributed by atoms with Crippen LogP contribution in [-0.2, 0) is 4.79 Å². The molecule has 0 heterocycles. The predicted molar refractivity (Wildman–Crippen MR) is 93.8 cm³/mol. The number of amides is 1. The zero-order chi connectivity index (χ0) is 13.8. The van der Waals surface area contributed by atoms with E-state index in [0.29, 0.717) is 0 Å². The van der Waals surface area contributed by atoms with Crippen molar-refractivity contribution >= 4 is 42.1 Å². The molecule has 2 atom stereocenters. The molecule has 1 aliphatic carbocycles. The monoisotopic (exact) mass is 333 g/mol. The minimum absolute atomic E-state index is 0. The third-order valence-corrected chi connectivity index (χ3v) is 3.73. The quantitative estimate of drug-likeness (QED) is 0.893. The zero-order valence-electron chi connectivity index (χ0n) is 12.5. The number of nitrogens with zero attached hydrogens (tertiary/aromatic N) is 1. The summed E-state index contributed by atoms with van der Waals surface area (Å²) in [6.07, 6.45) is 3.84. The molecule has 0 aromatic heterocycles. The second kappa shape index (κ2) is 9.13. The second-order valence-corrected chi connectivity index (χ2v) is 5.52. The van der Waals surface area contributed by atoms with E-state index in [4.69, 9.17) is 5.73 Å². The van der Waals surface area contributed by atoms with Gasteiger partial charge in [0.05, 0.1) is 11.4 Å². The SMILES string of the molecule is CN(C)c1ccccc1NC(=O)C1CCCC(N)C1.Cl.Cl. The zero-order valence-corrected chi connectivity index (χ0v) is 14.2. The molecule has 2 rings (SSSR count). The Morgan fingerprint density at radius 2 is 1.90 bits per heavy atom. The molecule has 1 amide bonds. The van der Waals surface area contributed by atoms with Crippen LogP contribution in [-0.4, -0.2) is 26.0 Å². The van der Waals surface area contributed by atoms with Crippen LogP contribution in [0.4, 0.5) is 11.4 Å². The van der Waals surface area contributed by atoms with Gasteiger partial charge in [-0.25, -0.2) is 0 Å². The number of halogens is 2. The van der Waals surface area contributed by atoms with Crippen molar-refractivity contribution in [3.05, 3.63) is 24.3 Å². The number of anilines is 2. The van der Waals surface area contributed by atoms with E-state index < -0.39 is 0 Å². The summed E-state index contributed by atoms with van der Waals surface area (Å²) < 4.78 is 0. The first-order chi connectivity index (χ1) is 9.08. The Kier molecular flexibility index (Phi) is 8.71. The van der Waals surface area contributed by atoms with Gasteiger partial charge in [-0.15, -0.1) is 24.8 Å². The van der Waals surface area contributed by atoms with Crippen LogP contribution >= 0.6 is 24.8 Å². The van der Waals surface area contributed by atoms with Crippen molar-refractivity contribution in [3.8, 4) is 0 Å². The Labute approximate surface area is 139 Å². The molecule has 4 nitrogen and oxygen atoms in total. The number of hydrogen-bond acceptors (Lipinski definition) is 3. The average molecular weight is 334 g/mol. The van der Waals surface area contributed by atoms with Crippen molar-refractivity contribution < 1.29 is 4.79 Å². The molecule has 0 spiro atoms. The van der Waals surface area contributed by atoms with Crippen LogP contribution in [0.25, 0.3) is 0 Å². The molecule has 2 unspecified atom stereocenters. The fraction of sp³-hybridized carbons (Fsp3) is 0.533. The molecule has 1 fully saturated rings. The smallest absolute Gasteiger partial charge is 0.227 e. The van der Waals surface area contributed by atoms with E-state index in [1.807, 2.05) is 43.3 Å². The van der Waals surface area contributed by atoms with E-state index in [1.165, 1.54) is 0 Å². The van der Waals surface area contributed by atoms with Crippen molar-refractivity contribution in [2.45, 2.75) is 31.7 Å². The number of benzene rings is 1. The minimum Gasteiger partial charge on any atom is -0.376 e. The van der Waals surface area contributed by atoms with Crippen LogP contribution in [0.2, 0.25) is 0 Å². The Hall–Kier alpha value is -0.970. The summed E-state index contributed by atoms with van der Waals surface area (Å²) >= 11 is 0. The van der Waals surface area contributed by atoms with Gasteiger partial charge < -0.3 is 16.0 Å². The molecule has 1 saturated carbocycles. The average Bonchev–Trinajstić information content (AvgIpc) is 2.39. The first-order valence-corrected chi connectivity index (χ1v) is 6.90. The van der Waals surface area contributed by atoms with Crippen LogP contribution in [0.5, 0.6) is 0 Å². The van der Waals surface area contributed by atoms with E-state index in [9.17, 15) is 4.79 Å². The number of carbonyl (C=O) groups excluding carboxylic acids is 1. The highest BCUT2D eigenvalue weighted by atomic mass is 35.5. The molecule has 0 saturated heterocycles. The topological polar surface area (TPSA) is 58.4 Å². The van der Waals surface area contributed by atoms with Gasteiger partial charge in [-0.3, -0.25) is 4.79 Å². The molecule has 1 aliphatic rings. The molecule has 21 heavy (non-hydrogen) atoms. The van der Waals surface area contributed by atoms with Crippen LogP contribution in [0.15, 0.2) is 24.3 Å². The van der Waals surface area contributed by atoms with Crippen LogP contribution in [0.3, 0.4) is 0 Å².